The van der Waals surface area contributed by atoms with Gasteiger partial charge in [-0.2, -0.15) is 0 Å². The zero-order valence-corrected chi connectivity index (χ0v) is 10.3. The standard InChI is InChI=1S/C13H19NO3/c1-9-7-11(5-6-17-9)14-10-3-4-13(16-2)12(15)8-10/h3-4,8-9,11,14-15H,5-7H2,1-2H3. The first kappa shape index (κ1) is 12.0. The van der Waals surface area contributed by atoms with Crippen molar-refractivity contribution in [2.45, 2.75) is 31.9 Å². The molecule has 1 aromatic carbocycles. The highest BCUT2D eigenvalue weighted by Gasteiger charge is 2.19. The largest absolute Gasteiger partial charge is 0.504 e. The number of methoxy groups -OCH3 is 1. The second kappa shape index (κ2) is 5.27. The Kier molecular flexibility index (Phi) is 3.74. The van der Waals surface area contributed by atoms with E-state index in [2.05, 4.69) is 12.2 Å². The fourth-order valence-corrected chi connectivity index (χ4v) is 2.14. The minimum atomic E-state index is 0.164. The van der Waals surface area contributed by atoms with Crippen molar-refractivity contribution in [3.05, 3.63) is 18.2 Å². The monoisotopic (exact) mass is 237 g/mol. The van der Waals surface area contributed by atoms with E-state index >= 15 is 0 Å². The lowest BCUT2D eigenvalue weighted by atomic mass is 10.0. The van der Waals surface area contributed by atoms with Gasteiger partial charge in [0.05, 0.1) is 13.2 Å². The summed E-state index contributed by atoms with van der Waals surface area (Å²) in [7, 11) is 1.54. The van der Waals surface area contributed by atoms with E-state index < -0.39 is 0 Å². The Morgan fingerprint density at radius 3 is 2.94 bits per heavy atom. The van der Waals surface area contributed by atoms with Crippen LogP contribution in [0.3, 0.4) is 0 Å². The first-order chi connectivity index (χ1) is 8.19. The van der Waals surface area contributed by atoms with Crippen molar-refractivity contribution in [1.82, 2.24) is 0 Å². The first-order valence-corrected chi connectivity index (χ1v) is 5.94. The normalized spacial score (nSPS) is 24.4. The van der Waals surface area contributed by atoms with Gasteiger partial charge in [-0.05, 0) is 31.9 Å². The molecule has 4 nitrogen and oxygen atoms in total. The molecule has 0 saturated carbocycles. The Hall–Kier alpha value is -1.42. The molecule has 0 spiro atoms. The van der Waals surface area contributed by atoms with Crippen molar-refractivity contribution in [2.24, 2.45) is 0 Å². The highest BCUT2D eigenvalue weighted by molar-refractivity contribution is 5.54. The van der Waals surface area contributed by atoms with E-state index in [9.17, 15) is 5.11 Å². The third-order valence-electron chi connectivity index (χ3n) is 3.03. The molecule has 2 unspecified atom stereocenters. The number of nitrogens with one attached hydrogen (secondary N) is 1. The third kappa shape index (κ3) is 3.03. The Balaban J connectivity index is 2.00. The SMILES string of the molecule is COc1ccc(NC2CCOC(C)C2)cc1O. The quantitative estimate of drug-likeness (QED) is 0.847. The van der Waals surface area contributed by atoms with Crippen LogP contribution >= 0.6 is 0 Å². The third-order valence-corrected chi connectivity index (χ3v) is 3.03. The smallest absolute Gasteiger partial charge is 0.160 e. The number of ether oxygens (including phenoxy) is 2. The predicted octanol–water partition coefficient (Wildman–Crippen LogP) is 2.38. The summed E-state index contributed by atoms with van der Waals surface area (Å²) in [4.78, 5) is 0. The van der Waals surface area contributed by atoms with Gasteiger partial charge in [0.1, 0.15) is 0 Å². The van der Waals surface area contributed by atoms with Crippen LogP contribution in [-0.4, -0.2) is 31.0 Å². The molecule has 2 rings (SSSR count). The van der Waals surface area contributed by atoms with Crippen LogP contribution in [0.2, 0.25) is 0 Å². The lowest BCUT2D eigenvalue weighted by Crippen LogP contribution is -2.32. The maximum atomic E-state index is 9.68. The van der Waals surface area contributed by atoms with E-state index in [1.165, 1.54) is 0 Å². The van der Waals surface area contributed by atoms with Crippen molar-refractivity contribution in [3.8, 4) is 11.5 Å². The van der Waals surface area contributed by atoms with Gasteiger partial charge in [0, 0.05) is 24.4 Å². The van der Waals surface area contributed by atoms with Crippen LogP contribution in [0.1, 0.15) is 19.8 Å². The average Bonchev–Trinajstić information content (AvgIpc) is 2.29. The molecule has 94 valence electrons. The number of rotatable bonds is 3. The number of phenolic OH excluding ortho intramolecular Hbond substituents is 1. The number of phenols is 1. The van der Waals surface area contributed by atoms with Crippen LogP contribution in [-0.2, 0) is 4.74 Å². The molecule has 0 aromatic heterocycles. The molecule has 0 radical (unpaired) electrons. The Bertz CT molecular complexity index is 381. The molecule has 0 bridgehead atoms. The number of benzene rings is 1. The Morgan fingerprint density at radius 1 is 1.47 bits per heavy atom. The minimum absolute atomic E-state index is 0.164. The van der Waals surface area contributed by atoms with Crippen molar-refractivity contribution in [2.75, 3.05) is 19.0 Å². The zero-order valence-electron chi connectivity index (χ0n) is 10.3. The van der Waals surface area contributed by atoms with Crippen LogP contribution in [0.25, 0.3) is 0 Å². The molecular weight excluding hydrogens is 218 g/mol. The predicted molar refractivity (Wildman–Crippen MR) is 66.7 cm³/mol. The van der Waals surface area contributed by atoms with Gasteiger partial charge in [0.15, 0.2) is 11.5 Å². The fourth-order valence-electron chi connectivity index (χ4n) is 2.14. The molecule has 1 aliphatic heterocycles. The summed E-state index contributed by atoms with van der Waals surface area (Å²) in [6, 6.07) is 5.78. The van der Waals surface area contributed by atoms with Crippen LogP contribution in [0.4, 0.5) is 5.69 Å². The van der Waals surface area contributed by atoms with Gasteiger partial charge in [0.25, 0.3) is 0 Å². The summed E-state index contributed by atoms with van der Waals surface area (Å²) < 4.78 is 10.5. The molecule has 0 amide bonds. The molecule has 1 saturated heterocycles. The summed E-state index contributed by atoms with van der Waals surface area (Å²) in [5, 5.41) is 13.1. The van der Waals surface area contributed by atoms with Gasteiger partial charge in [-0.25, -0.2) is 0 Å². The van der Waals surface area contributed by atoms with E-state index in [-0.39, 0.29) is 5.75 Å². The number of hydrogen-bond acceptors (Lipinski definition) is 4. The van der Waals surface area contributed by atoms with Crippen LogP contribution in [0.5, 0.6) is 11.5 Å². The van der Waals surface area contributed by atoms with Gasteiger partial charge < -0.3 is 19.9 Å². The molecule has 1 aromatic rings. The molecule has 1 heterocycles. The van der Waals surface area contributed by atoms with Crippen molar-refractivity contribution >= 4 is 5.69 Å². The summed E-state index contributed by atoms with van der Waals surface area (Å²) in [5.74, 6) is 0.661. The van der Waals surface area contributed by atoms with Crippen molar-refractivity contribution in [3.63, 3.8) is 0 Å². The van der Waals surface area contributed by atoms with E-state index in [4.69, 9.17) is 9.47 Å². The van der Waals surface area contributed by atoms with Gasteiger partial charge >= 0.3 is 0 Å². The van der Waals surface area contributed by atoms with Crippen LogP contribution in [0.15, 0.2) is 18.2 Å². The summed E-state index contributed by atoms with van der Waals surface area (Å²) in [6.45, 7) is 2.88. The second-order valence-corrected chi connectivity index (χ2v) is 4.43. The van der Waals surface area contributed by atoms with Crippen molar-refractivity contribution < 1.29 is 14.6 Å². The summed E-state index contributed by atoms with van der Waals surface area (Å²) in [6.07, 6.45) is 2.29. The van der Waals surface area contributed by atoms with E-state index in [1.807, 2.05) is 6.07 Å². The van der Waals surface area contributed by atoms with Gasteiger partial charge in [-0.1, -0.05) is 0 Å². The number of anilines is 1. The van der Waals surface area contributed by atoms with E-state index in [0.29, 0.717) is 17.9 Å². The Labute approximate surface area is 102 Å². The topological polar surface area (TPSA) is 50.7 Å². The number of hydrogen-bond donors (Lipinski definition) is 2. The van der Waals surface area contributed by atoms with Crippen LogP contribution < -0.4 is 10.1 Å². The molecule has 2 atom stereocenters. The fraction of sp³-hybridized carbons (Fsp3) is 0.538. The van der Waals surface area contributed by atoms with Gasteiger partial charge in [-0.3, -0.25) is 0 Å². The molecule has 1 aliphatic rings. The second-order valence-electron chi connectivity index (χ2n) is 4.43. The maximum Gasteiger partial charge on any atom is 0.160 e. The first-order valence-electron chi connectivity index (χ1n) is 5.94. The van der Waals surface area contributed by atoms with E-state index in [0.717, 1.165) is 25.1 Å². The minimum Gasteiger partial charge on any atom is -0.504 e. The zero-order chi connectivity index (χ0) is 12.3. The molecule has 1 fully saturated rings. The highest BCUT2D eigenvalue weighted by atomic mass is 16.5. The summed E-state index contributed by atoms with van der Waals surface area (Å²) in [5.41, 5.74) is 0.919. The van der Waals surface area contributed by atoms with E-state index in [1.54, 1.807) is 19.2 Å². The molecule has 17 heavy (non-hydrogen) atoms. The molecule has 4 heteroatoms. The van der Waals surface area contributed by atoms with Gasteiger partial charge in [-0.15, -0.1) is 0 Å². The maximum absolute atomic E-state index is 9.68. The van der Waals surface area contributed by atoms with Crippen molar-refractivity contribution in [1.29, 1.82) is 0 Å². The van der Waals surface area contributed by atoms with Gasteiger partial charge in [0.2, 0.25) is 0 Å². The molecular formula is C13H19NO3. The average molecular weight is 237 g/mol. The lowest BCUT2D eigenvalue weighted by Gasteiger charge is -2.28. The van der Waals surface area contributed by atoms with Crippen LogP contribution in [0, 0.1) is 0 Å². The molecule has 2 N–H and O–H groups in total. The number of aromatic hydroxyl groups is 1. The summed E-state index contributed by atoms with van der Waals surface area (Å²) >= 11 is 0. The lowest BCUT2D eigenvalue weighted by molar-refractivity contribution is 0.0232. The highest BCUT2D eigenvalue weighted by Crippen LogP contribution is 2.29. The Morgan fingerprint density at radius 2 is 2.29 bits per heavy atom. The molecule has 0 aliphatic carbocycles.